The van der Waals surface area contributed by atoms with Gasteiger partial charge < -0.3 is 10.2 Å². The van der Waals surface area contributed by atoms with E-state index in [-0.39, 0.29) is 17.4 Å². The molecule has 0 spiro atoms. The number of benzene rings is 2. The second kappa shape index (κ2) is 9.24. The fraction of sp³-hybridized carbons (Fsp3) is 0.269. The summed E-state index contributed by atoms with van der Waals surface area (Å²) in [6.45, 7) is 5.23. The molecular weight excluding hydrogens is 468 g/mol. The Labute approximate surface area is 206 Å². The zero-order valence-corrected chi connectivity index (χ0v) is 20.6. The summed E-state index contributed by atoms with van der Waals surface area (Å²) in [5.74, 6) is 0.515. The number of aryl methyl sites for hydroxylation is 2. The largest absolute Gasteiger partial charge is 0.342 e. The fourth-order valence-corrected chi connectivity index (χ4v) is 5.24. The molecule has 2 aromatic heterocycles. The number of aromatic nitrogens is 2. The molecule has 5 rings (SSSR count). The fourth-order valence-electron chi connectivity index (χ4n) is 4.30. The molecule has 0 atom stereocenters. The molecule has 3 heterocycles. The summed E-state index contributed by atoms with van der Waals surface area (Å²) < 4.78 is 2.35. The number of hydrogen-bond donors (Lipinski definition) is 1. The van der Waals surface area contributed by atoms with Crippen LogP contribution in [0, 0.1) is 19.8 Å². The van der Waals surface area contributed by atoms with Crippen LogP contribution in [0.5, 0.6) is 0 Å². The number of carbonyl (C=O) groups excluding carboxylic acids is 1. The first-order valence-electron chi connectivity index (χ1n) is 11.3. The van der Waals surface area contributed by atoms with Crippen LogP contribution in [0.3, 0.4) is 0 Å². The molecule has 0 bridgehead atoms. The SMILES string of the molecule is Cc1ccc(-n2c(N3CCC(C(=O)Nc4ccc(C)c(Cl)c4)CC3)nc3ccsc3c2=O)cc1. The van der Waals surface area contributed by atoms with E-state index in [1.807, 2.05) is 61.7 Å². The highest BCUT2D eigenvalue weighted by Crippen LogP contribution is 2.28. The number of carbonyl (C=O) groups is 1. The lowest BCUT2D eigenvalue weighted by molar-refractivity contribution is -0.120. The van der Waals surface area contributed by atoms with Crippen LogP contribution >= 0.6 is 22.9 Å². The molecule has 1 aliphatic rings. The van der Waals surface area contributed by atoms with Gasteiger partial charge in [-0.2, -0.15) is 0 Å². The number of thiophene rings is 1. The second-order valence-corrected chi connectivity index (χ2v) is 10.1. The number of nitrogens with one attached hydrogen (secondary N) is 1. The molecule has 4 aromatic rings. The summed E-state index contributed by atoms with van der Waals surface area (Å²) in [7, 11) is 0. The number of amides is 1. The van der Waals surface area contributed by atoms with Gasteiger partial charge in [-0.25, -0.2) is 9.55 Å². The maximum atomic E-state index is 13.4. The van der Waals surface area contributed by atoms with Crippen molar-refractivity contribution in [3.8, 4) is 5.69 Å². The van der Waals surface area contributed by atoms with Gasteiger partial charge in [0, 0.05) is 29.7 Å². The van der Waals surface area contributed by atoms with Crippen LogP contribution in [0.1, 0.15) is 24.0 Å². The van der Waals surface area contributed by atoms with Crippen molar-refractivity contribution >= 4 is 50.7 Å². The average Bonchev–Trinajstić information content (AvgIpc) is 3.31. The molecule has 1 aliphatic heterocycles. The van der Waals surface area contributed by atoms with Gasteiger partial charge in [0.15, 0.2) is 0 Å². The van der Waals surface area contributed by atoms with Gasteiger partial charge in [0.05, 0.1) is 11.2 Å². The molecule has 0 unspecified atom stereocenters. The highest BCUT2D eigenvalue weighted by Gasteiger charge is 2.28. The smallest absolute Gasteiger partial charge is 0.277 e. The Morgan fingerprint density at radius 1 is 1.09 bits per heavy atom. The zero-order valence-electron chi connectivity index (χ0n) is 19.0. The van der Waals surface area contributed by atoms with Crippen LogP contribution in [0.15, 0.2) is 58.7 Å². The first kappa shape index (κ1) is 22.6. The summed E-state index contributed by atoms with van der Waals surface area (Å²) in [5, 5.41) is 5.53. The highest BCUT2D eigenvalue weighted by atomic mass is 35.5. The Morgan fingerprint density at radius 3 is 2.53 bits per heavy atom. The van der Waals surface area contributed by atoms with E-state index in [1.165, 1.54) is 11.3 Å². The number of fused-ring (bicyclic) bond motifs is 1. The van der Waals surface area contributed by atoms with Crippen molar-refractivity contribution < 1.29 is 4.79 Å². The van der Waals surface area contributed by atoms with E-state index in [0.29, 0.717) is 52.8 Å². The molecular formula is C26H25ClN4O2S. The third-order valence-electron chi connectivity index (χ3n) is 6.34. The monoisotopic (exact) mass is 492 g/mol. The topological polar surface area (TPSA) is 67.2 Å². The highest BCUT2D eigenvalue weighted by molar-refractivity contribution is 7.17. The summed E-state index contributed by atoms with van der Waals surface area (Å²) in [6.07, 6.45) is 1.35. The Hall–Kier alpha value is -3.16. The van der Waals surface area contributed by atoms with E-state index in [2.05, 4.69) is 10.2 Å². The van der Waals surface area contributed by atoms with Crippen LogP contribution in [0.4, 0.5) is 11.6 Å². The lowest BCUT2D eigenvalue weighted by Crippen LogP contribution is -2.41. The second-order valence-electron chi connectivity index (χ2n) is 8.74. The van der Waals surface area contributed by atoms with Crippen molar-refractivity contribution in [3.05, 3.63) is 80.4 Å². The molecule has 0 radical (unpaired) electrons. The normalized spacial score (nSPS) is 14.5. The minimum atomic E-state index is -0.110. The van der Waals surface area contributed by atoms with Crippen molar-refractivity contribution in [2.75, 3.05) is 23.3 Å². The van der Waals surface area contributed by atoms with E-state index >= 15 is 0 Å². The zero-order chi connectivity index (χ0) is 23.8. The molecule has 1 amide bonds. The van der Waals surface area contributed by atoms with Crippen molar-refractivity contribution in [1.29, 1.82) is 0 Å². The molecule has 6 nitrogen and oxygen atoms in total. The number of halogens is 1. The van der Waals surface area contributed by atoms with Crippen LogP contribution in [-0.2, 0) is 4.79 Å². The Morgan fingerprint density at radius 2 is 1.82 bits per heavy atom. The molecule has 2 aromatic carbocycles. The van der Waals surface area contributed by atoms with Crippen LogP contribution < -0.4 is 15.8 Å². The van der Waals surface area contributed by atoms with Gasteiger partial charge in [-0.15, -0.1) is 11.3 Å². The number of piperidine rings is 1. The van der Waals surface area contributed by atoms with Gasteiger partial charge in [-0.1, -0.05) is 35.4 Å². The van der Waals surface area contributed by atoms with Crippen molar-refractivity contribution in [1.82, 2.24) is 9.55 Å². The number of nitrogens with zero attached hydrogens (tertiary/aromatic N) is 3. The summed E-state index contributed by atoms with van der Waals surface area (Å²) in [4.78, 5) is 33.3. The lowest BCUT2D eigenvalue weighted by Gasteiger charge is -2.33. The molecule has 1 saturated heterocycles. The summed E-state index contributed by atoms with van der Waals surface area (Å²) >= 11 is 7.61. The third kappa shape index (κ3) is 4.33. The van der Waals surface area contributed by atoms with E-state index < -0.39 is 0 Å². The lowest BCUT2D eigenvalue weighted by atomic mass is 9.96. The number of rotatable bonds is 4. The molecule has 0 saturated carbocycles. The number of hydrogen-bond acceptors (Lipinski definition) is 5. The minimum Gasteiger partial charge on any atom is -0.342 e. The van der Waals surface area contributed by atoms with E-state index in [0.717, 1.165) is 16.8 Å². The maximum absolute atomic E-state index is 13.4. The minimum absolute atomic E-state index is 0.00302. The van der Waals surface area contributed by atoms with Crippen molar-refractivity contribution in [2.24, 2.45) is 5.92 Å². The first-order valence-corrected chi connectivity index (χ1v) is 12.6. The predicted octanol–water partition coefficient (Wildman–Crippen LogP) is 5.57. The average molecular weight is 493 g/mol. The third-order valence-corrected chi connectivity index (χ3v) is 7.64. The van der Waals surface area contributed by atoms with Gasteiger partial charge >= 0.3 is 0 Å². The van der Waals surface area contributed by atoms with E-state index in [9.17, 15) is 9.59 Å². The van der Waals surface area contributed by atoms with Gasteiger partial charge in [0.2, 0.25) is 11.9 Å². The van der Waals surface area contributed by atoms with E-state index in [1.54, 1.807) is 10.6 Å². The molecule has 8 heteroatoms. The van der Waals surface area contributed by atoms with Gasteiger partial charge in [0.1, 0.15) is 4.70 Å². The maximum Gasteiger partial charge on any atom is 0.277 e. The van der Waals surface area contributed by atoms with E-state index in [4.69, 9.17) is 16.6 Å². The quantitative estimate of drug-likeness (QED) is 0.404. The molecule has 34 heavy (non-hydrogen) atoms. The van der Waals surface area contributed by atoms with Crippen molar-refractivity contribution in [3.63, 3.8) is 0 Å². The Balaban J connectivity index is 1.38. The molecule has 174 valence electrons. The molecule has 1 N–H and O–H groups in total. The molecule has 0 aliphatic carbocycles. The first-order chi connectivity index (χ1) is 16.4. The summed E-state index contributed by atoms with van der Waals surface area (Å²) in [5.41, 5.74) is 4.26. The van der Waals surface area contributed by atoms with Crippen LogP contribution in [0.25, 0.3) is 15.9 Å². The predicted molar refractivity (Wildman–Crippen MR) is 140 cm³/mol. The van der Waals surface area contributed by atoms with Gasteiger partial charge in [-0.05, 0) is 68.0 Å². The van der Waals surface area contributed by atoms with Crippen LogP contribution in [-0.4, -0.2) is 28.5 Å². The molecule has 1 fully saturated rings. The Kier molecular flexibility index (Phi) is 6.15. The van der Waals surface area contributed by atoms with Gasteiger partial charge in [0.25, 0.3) is 5.56 Å². The standard InChI is InChI=1S/C26H25ClN4O2S/c1-16-3-7-20(8-4-16)31-25(33)23-22(11-14-34-23)29-26(31)30-12-9-18(10-13-30)24(32)28-19-6-5-17(2)21(27)15-19/h3-8,11,14-15,18H,9-10,12-13H2,1-2H3,(H,28,32). The Bertz CT molecular complexity index is 1420. The van der Waals surface area contributed by atoms with Gasteiger partial charge in [-0.3, -0.25) is 9.59 Å². The van der Waals surface area contributed by atoms with Crippen LogP contribution in [0.2, 0.25) is 5.02 Å². The van der Waals surface area contributed by atoms with Crippen molar-refractivity contribution in [2.45, 2.75) is 26.7 Å². The summed E-state index contributed by atoms with van der Waals surface area (Å²) in [6, 6.07) is 15.3. The number of anilines is 2.